The number of fused-ring (bicyclic) bond motifs is 1. The molecule has 1 heterocycles. The Morgan fingerprint density at radius 1 is 1.17 bits per heavy atom. The van der Waals surface area contributed by atoms with Crippen molar-refractivity contribution in [2.24, 2.45) is 11.3 Å². The molecule has 1 aliphatic heterocycles. The topological polar surface area (TPSA) is 41.1 Å². The molecule has 0 bridgehead atoms. The highest BCUT2D eigenvalue weighted by Crippen LogP contribution is 2.48. The maximum atomic E-state index is 12.5. The fourth-order valence-corrected chi connectivity index (χ4v) is 3.93. The van der Waals surface area contributed by atoms with Gasteiger partial charge in [-0.1, -0.05) is 49.4 Å². The molecule has 0 aromatic heterocycles. The van der Waals surface area contributed by atoms with E-state index in [1.807, 2.05) is 0 Å². The van der Waals surface area contributed by atoms with E-state index in [9.17, 15) is 4.79 Å². The first-order valence-electron chi connectivity index (χ1n) is 9.12. The number of rotatable bonds is 4. The minimum Gasteiger partial charge on any atom is -0.355 e. The SMILES string of the molecule is CC1(CNC(=O)C2CC2c2ccc3ccccc3c2)CCNCC1. The first kappa shape index (κ1) is 15.6. The summed E-state index contributed by atoms with van der Waals surface area (Å²) in [5.41, 5.74) is 1.57. The molecule has 1 saturated carbocycles. The van der Waals surface area contributed by atoms with E-state index >= 15 is 0 Å². The zero-order chi connectivity index (χ0) is 16.6. The highest BCUT2D eigenvalue weighted by molar-refractivity contribution is 5.85. The molecule has 2 aromatic carbocycles. The standard InChI is InChI=1S/C21H26N2O/c1-21(8-10-22-11-9-21)14-23-20(24)19-13-18(19)17-7-6-15-4-2-3-5-16(15)12-17/h2-7,12,18-19,22H,8-11,13-14H2,1H3,(H,23,24). The predicted octanol–water partition coefficient (Wildman–Crippen LogP) is 3.45. The molecule has 1 saturated heterocycles. The second-order valence-electron chi connectivity index (χ2n) is 7.83. The fraction of sp³-hybridized carbons (Fsp3) is 0.476. The quantitative estimate of drug-likeness (QED) is 0.905. The molecule has 2 atom stereocenters. The Labute approximate surface area is 143 Å². The summed E-state index contributed by atoms with van der Waals surface area (Å²) in [6.45, 7) is 5.24. The molecule has 2 unspecified atom stereocenters. The molecule has 24 heavy (non-hydrogen) atoms. The summed E-state index contributed by atoms with van der Waals surface area (Å²) < 4.78 is 0. The maximum Gasteiger partial charge on any atom is 0.223 e. The number of amides is 1. The van der Waals surface area contributed by atoms with Crippen LogP contribution >= 0.6 is 0 Å². The van der Waals surface area contributed by atoms with Crippen LogP contribution in [-0.4, -0.2) is 25.5 Å². The van der Waals surface area contributed by atoms with Crippen molar-refractivity contribution in [3.05, 3.63) is 48.0 Å². The molecular formula is C21H26N2O. The molecule has 4 rings (SSSR count). The molecule has 126 valence electrons. The molecule has 0 radical (unpaired) electrons. The summed E-state index contributed by atoms with van der Waals surface area (Å²) in [4.78, 5) is 12.5. The number of carbonyl (C=O) groups excluding carboxylic acids is 1. The van der Waals surface area contributed by atoms with E-state index in [1.54, 1.807) is 0 Å². The first-order chi connectivity index (χ1) is 11.6. The minimum absolute atomic E-state index is 0.163. The lowest BCUT2D eigenvalue weighted by molar-refractivity contribution is -0.123. The molecular weight excluding hydrogens is 296 g/mol. The number of hydrogen-bond acceptors (Lipinski definition) is 2. The number of nitrogens with one attached hydrogen (secondary N) is 2. The van der Waals surface area contributed by atoms with E-state index in [-0.39, 0.29) is 17.2 Å². The molecule has 3 heteroatoms. The molecule has 2 aromatic rings. The Morgan fingerprint density at radius 3 is 2.71 bits per heavy atom. The van der Waals surface area contributed by atoms with E-state index in [0.29, 0.717) is 5.92 Å². The molecule has 3 nitrogen and oxygen atoms in total. The second-order valence-corrected chi connectivity index (χ2v) is 7.83. The molecule has 1 amide bonds. The third-order valence-electron chi connectivity index (χ3n) is 5.83. The van der Waals surface area contributed by atoms with Crippen LogP contribution in [0.15, 0.2) is 42.5 Å². The first-order valence-corrected chi connectivity index (χ1v) is 9.12. The van der Waals surface area contributed by atoms with Gasteiger partial charge in [0.2, 0.25) is 5.91 Å². The van der Waals surface area contributed by atoms with Crippen LogP contribution < -0.4 is 10.6 Å². The highest BCUT2D eigenvalue weighted by atomic mass is 16.2. The van der Waals surface area contributed by atoms with E-state index < -0.39 is 0 Å². The summed E-state index contributed by atoms with van der Waals surface area (Å²) in [7, 11) is 0. The Hall–Kier alpha value is -1.87. The van der Waals surface area contributed by atoms with Crippen LogP contribution in [0.25, 0.3) is 10.8 Å². The van der Waals surface area contributed by atoms with Gasteiger partial charge in [0.25, 0.3) is 0 Å². The van der Waals surface area contributed by atoms with Crippen LogP contribution in [0.5, 0.6) is 0 Å². The average Bonchev–Trinajstić information content (AvgIpc) is 3.41. The number of hydrogen-bond donors (Lipinski definition) is 2. The van der Waals surface area contributed by atoms with Gasteiger partial charge in [-0.25, -0.2) is 0 Å². The van der Waals surface area contributed by atoms with Crippen LogP contribution in [0, 0.1) is 11.3 Å². The van der Waals surface area contributed by atoms with Gasteiger partial charge in [0.05, 0.1) is 0 Å². The van der Waals surface area contributed by atoms with Crippen LogP contribution in [-0.2, 0) is 4.79 Å². The Balaban J connectivity index is 1.37. The molecule has 2 aliphatic rings. The van der Waals surface area contributed by atoms with Gasteiger partial charge in [0, 0.05) is 12.5 Å². The molecule has 1 aliphatic carbocycles. The summed E-state index contributed by atoms with van der Waals surface area (Å²) >= 11 is 0. The zero-order valence-corrected chi connectivity index (χ0v) is 14.3. The van der Waals surface area contributed by atoms with Crippen molar-refractivity contribution in [1.29, 1.82) is 0 Å². The number of carbonyl (C=O) groups is 1. The van der Waals surface area contributed by atoms with Crippen LogP contribution in [0.4, 0.5) is 0 Å². The van der Waals surface area contributed by atoms with Crippen molar-refractivity contribution in [3.8, 4) is 0 Å². The third-order valence-corrected chi connectivity index (χ3v) is 5.83. The molecule has 0 spiro atoms. The lowest BCUT2D eigenvalue weighted by atomic mass is 9.81. The Morgan fingerprint density at radius 2 is 1.92 bits per heavy atom. The number of piperidine rings is 1. The van der Waals surface area contributed by atoms with Crippen LogP contribution in [0.1, 0.15) is 37.7 Å². The monoisotopic (exact) mass is 322 g/mol. The van der Waals surface area contributed by atoms with Crippen LogP contribution in [0.3, 0.4) is 0 Å². The van der Waals surface area contributed by atoms with Crippen LogP contribution in [0.2, 0.25) is 0 Å². The van der Waals surface area contributed by atoms with Gasteiger partial charge >= 0.3 is 0 Å². The average molecular weight is 322 g/mol. The van der Waals surface area contributed by atoms with Gasteiger partial charge in [0.15, 0.2) is 0 Å². The van der Waals surface area contributed by atoms with Crippen molar-refractivity contribution < 1.29 is 4.79 Å². The highest BCUT2D eigenvalue weighted by Gasteiger charge is 2.44. The summed E-state index contributed by atoms with van der Waals surface area (Å²) in [5.74, 6) is 0.805. The van der Waals surface area contributed by atoms with Crippen molar-refractivity contribution in [1.82, 2.24) is 10.6 Å². The maximum absolute atomic E-state index is 12.5. The lowest BCUT2D eigenvalue weighted by Crippen LogP contribution is -2.43. The van der Waals surface area contributed by atoms with Crippen molar-refractivity contribution in [2.45, 2.75) is 32.1 Å². The third kappa shape index (κ3) is 3.18. The van der Waals surface area contributed by atoms with E-state index in [4.69, 9.17) is 0 Å². The van der Waals surface area contributed by atoms with Gasteiger partial charge in [-0.05, 0) is 60.0 Å². The van der Waals surface area contributed by atoms with Gasteiger partial charge in [-0.3, -0.25) is 4.79 Å². The Kier molecular flexibility index (Phi) is 4.05. The predicted molar refractivity (Wildman–Crippen MR) is 98.0 cm³/mol. The Bertz CT molecular complexity index is 748. The summed E-state index contributed by atoms with van der Waals surface area (Å²) in [5, 5.41) is 9.15. The van der Waals surface area contributed by atoms with Gasteiger partial charge < -0.3 is 10.6 Å². The fourth-order valence-electron chi connectivity index (χ4n) is 3.93. The summed E-state index contributed by atoms with van der Waals surface area (Å²) in [6, 6.07) is 15.0. The van der Waals surface area contributed by atoms with Gasteiger partial charge in [-0.2, -0.15) is 0 Å². The summed E-state index contributed by atoms with van der Waals surface area (Å²) in [6.07, 6.45) is 3.28. The normalized spacial score (nSPS) is 25.4. The van der Waals surface area contributed by atoms with Crippen molar-refractivity contribution in [3.63, 3.8) is 0 Å². The van der Waals surface area contributed by atoms with Crippen molar-refractivity contribution >= 4 is 16.7 Å². The van der Waals surface area contributed by atoms with E-state index in [0.717, 1.165) is 38.9 Å². The van der Waals surface area contributed by atoms with Crippen molar-refractivity contribution in [2.75, 3.05) is 19.6 Å². The lowest BCUT2D eigenvalue weighted by Gasteiger charge is -2.34. The van der Waals surface area contributed by atoms with E-state index in [2.05, 4.69) is 60.0 Å². The van der Waals surface area contributed by atoms with E-state index in [1.165, 1.54) is 16.3 Å². The second kappa shape index (κ2) is 6.21. The minimum atomic E-state index is 0.163. The van der Waals surface area contributed by atoms with Gasteiger partial charge in [-0.15, -0.1) is 0 Å². The zero-order valence-electron chi connectivity index (χ0n) is 14.3. The number of benzene rings is 2. The molecule has 2 fully saturated rings. The largest absolute Gasteiger partial charge is 0.355 e. The molecule has 2 N–H and O–H groups in total. The van der Waals surface area contributed by atoms with Gasteiger partial charge in [0.1, 0.15) is 0 Å². The smallest absolute Gasteiger partial charge is 0.223 e.